The van der Waals surface area contributed by atoms with Crippen molar-refractivity contribution in [3.8, 4) is 0 Å². The van der Waals surface area contributed by atoms with E-state index in [1.807, 2.05) is 11.9 Å². The topological polar surface area (TPSA) is 99.1 Å². The van der Waals surface area contributed by atoms with Gasteiger partial charge in [-0.1, -0.05) is 23.7 Å². The van der Waals surface area contributed by atoms with Crippen LogP contribution in [-0.2, 0) is 4.79 Å². The summed E-state index contributed by atoms with van der Waals surface area (Å²) in [6.07, 6.45) is 0.860. The van der Waals surface area contributed by atoms with Crippen molar-refractivity contribution in [3.05, 3.63) is 39.8 Å². The number of carboxylic acids is 1. The molecule has 1 fully saturated rings. The maximum Gasteiger partial charge on any atom is 0.327 e. The summed E-state index contributed by atoms with van der Waals surface area (Å²) in [5, 5.41) is 12.4. The SMILES string of the molecule is CN1CCC(SN=O)(C(NC(=O)c2ccccc2Cl)C(=O)O)CC1. The molecule has 1 aromatic rings. The van der Waals surface area contributed by atoms with Crippen LogP contribution in [0.5, 0.6) is 0 Å². The fraction of sp³-hybridized carbons (Fsp3) is 0.467. The summed E-state index contributed by atoms with van der Waals surface area (Å²) in [7, 11) is 1.92. The Morgan fingerprint density at radius 3 is 2.54 bits per heavy atom. The molecule has 130 valence electrons. The number of carbonyl (C=O) groups excluding carboxylic acids is 1. The largest absolute Gasteiger partial charge is 0.480 e. The lowest BCUT2D eigenvalue weighted by Crippen LogP contribution is -2.58. The van der Waals surface area contributed by atoms with E-state index >= 15 is 0 Å². The second-order valence-corrected chi connectivity index (χ2v) is 7.31. The van der Waals surface area contributed by atoms with Gasteiger partial charge in [-0.05, 0) is 45.1 Å². The van der Waals surface area contributed by atoms with Crippen molar-refractivity contribution in [3.63, 3.8) is 0 Å². The maximum atomic E-state index is 12.4. The van der Waals surface area contributed by atoms with Gasteiger partial charge in [-0.15, -0.1) is 4.91 Å². The lowest BCUT2D eigenvalue weighted by Gasteiger charge is -2.41. The van der Waals surface area contributed by atoms with E-state index in [-0.39, 0.29) is 10.6 Å². The minimum Gasteiger partial charge on any atom is -0.480 e. The van der Waals surface area contributed by atoms with Crippen LogP contribution in [0, 0.1) is 4.91 Å². The Morgan fingerprint density at radius 2 is 2.00 bits per heavy atom. The highest BCUT2D eigenvalue weighted by Crippen LogP contribution is 2.40. The molecule has 0 saturated carbocycles. The molecule has 0 spiro atoms. The van der Waals surface area contributed by atoms with Crippen molar-refractivity contribution >= 4 is 35.4 Å². The Labute approximate surface area is 148 Å². The first kappa shape index (κ1) is 18.7. The molecule has 1 unspecified atom stereocenters. The molecule has 1 heterocycles. The van der Waals surface area contributed by atoms with Gasteiger partial charge in [0.2, 0.25) is 0 Å². The van der Waals surface area contributed by atoms with E-state index in [1.165, 1.54) is 6.07 Å². The smallest absolute Gasteiger partial charge is 0.327 e. The third-order valence-corrected chi connectivity index (χ3v) is 5.63. The Bertz CT molecular complexity index is 635. The van der Waals surface area contributed by atoms with E-state index in [9.17, 15) is 19.6 Å². The van der Waals surface area contributed by atoms with E-state index in [4.69, 9.17) is 11.6 Å². The standard InChI is InChI=1S/C15H18ClN3O4S/c1-19-8-6-15(7-9-19,24-18-23)12(14(21)22)17-13(20)10-4-2-3-5-11(10)16/h2-5,12H,6-9H2,1H3,(H,17,20)(H,21,22). The number of carboxylic acid groups (broad SMARTS) is 1. The number of hydrogen-bond donors (Lipinski definition) is 2. The van der Waals surface area contributed by atoms with Gasteiger partial charge in [0.1, 0.15) is 6.04 Å². The summed E-state index contributed by atoms with van der Waals surface area (Å²) in [6, 6.07) is 5.15. The molecule has 1 aliphatic heterocycles. The number of rotatable bonds is 6. The summed E-state index contributed by atoms with van der Waals surface area (Å²) in [6.45, 7) is 1.24. The van der Waals surface area contributed by atoms with Gasteiger partial charge in [0.05, 0.1) is 15.3 Å². The van der Waals surface area contributed by atoms with Gasteiger partial charge in [0.25, 0.3) is 5.91 Å². The van der Waals surface area contributed by atoms with Crippen molar-refractivity contribution in [2.45, 2.75) is 23.6 Å². The monoisotopic (exact) mass is 371 g/mol. The van der Waals surface area contributed by atoms with Crippen LogP contribution in [0.25, 0.3) is 0 Å². The predicted octanol–water partition coefficient (Wildman–Crippen LogP) is 2.40. The summed E-state index contributed by atoms with van der Waals surface area (Å²) in [4.78, 5) is 37.1. The third-order valence-electron chi connectivity index (χ3n) is 4.22. The molecule has 0 radical (unpaired) electrons. The van der Waals surface area contributed by atoms with E-state index in [0.29, 0.717) is 37.9 Å². The van der Waals surface area contributed by atoms with E-state index in [1.54, 1.807) is 18.2 Å². The van der Waals surface area contributed by atoms with Crippen LogP contribution in [0.15, 0.2) is 28.8 Å². The first-order chi connectivity index (χ1) is 11.4. The first-order valence-corrected chi connectivity index (χ1v) is 8.52. The van der Waals surface area contributed by atoms with Crippen molar-refractivity contribution in [1.82, 2.24) is 10.2 Å². The number of carbonyl (C=O) groups is 2. The highest BCUT2D eigenvalue weighted by Gasteiger charge is 2.47. The fourth-order valence-electron chi connectivity index (χ4n) is 2.78. The quantitative estimate of drug-likeness (QED) is 0.588. The number of amides is 1. The Balaban J connectivity index is 2.27. The van der Waals surface area contributed by atoms with Crippen LogP contribution in [0.1, 0.15) is 23.2 Å². The number of halogens is 1. The molecular weight excluding hydrogens is 354 g/mol. The van der Waals surface area contributed by atoms with E-state index < -0.39 is 22.7 Å². The zero-order valence-electron chi connectivity index (χ0n) is 13.1. The Morgan fingerprint density at radius 1 is 1.38 bits per heavy atom. The van der Waals surface area contributed by atoms with E-state index in [2.05, 4.69) is 9.90 Å². The number of piperidine rings is 1. The van der Waals surface area contributed by atoms with Crippen LogP contribution in [0.3, 0.4) is 0 Å². The summed E-state index contributed by atoms with van der Waals surface area (Å²) in [5.74, 6) is -1.78. The molecule has 1 aliphatic rings. The zero-order valence-corrected chi connectivity index (χ0v) is 14.6. The van der Waals surface area contributed by atoms with Gasteiger partial charge in [-0.3, -0.25) is 4.79 Å². The highest BCUT2D eigenvalue weighted by atomic mass is 35.5. The number of hydrogen-bond acceptors (Lipinski definition) is 6. The van der Waals surface area contributed by atoms with Gasteiger partial charge >= 0.3 is 5.97 Å². The first-order valence-electron chi connectivity index (χ1n) is 7.37. The van der Waals surface area contributed by atoms with Crippen molar-refractivity contribution in [1.29, 1.82) is 0 Å². The number of benzene rings is 1. The predicted molar refractivity (Wildman–Crippen MR) is 93.2 cm³/mol. The Hall–Kier alpha value is -1.64. The molecular formula is C15H18ClN3O4S. The van der Waals surface area contributed by atoms with Crippen LogP contribution < -0.4 is 5.32 Å². The molecule has 1 atom stereocenters. The lowest BCUT2D eigenvalue weighted by atomic mass is 9.88. The maximum absolute atomic E-state index is 12.4. The third kappa shape index (κ3) is 4.06. The molecule has 24 heavy (non-hydrogen) atoms. The number of nitroso groups, excluding NO2 is 1. The highest BCUT2D eigenvalue weighted by molar-refractivity contribution is 7.99. The van der Waals surface area contributed by atoms with E-state index in [0.717, 1.165) is 0 Å². The molecule has 0 bridgehead atoms. The van der Waals surface area contributed by atoms with Crippen LogP contribution in [0.2, 0.25) is 5.02 Å². The summed E-state index contributed by atoms with van der Waals surface area (Å²) < 4.78 is 1.89. The van der Waals surface area contributed by atoms with Gasteiger partial charge in [-0.25, -0.2) is 4.79 Å². The van der Waals surface area contributed by atoms with Crippen LogP contribution >= 0.6 is 23.5 Å². The normalized spacial score (nSPS) is 18.6. The van der Waals surface area contributed by atoms with Crippen LogP contribution in [-0.4, -0.2) is 52.8 Å². The van der Waals surface area contributed by atoms with Crippen molar-refractivity contribution in [2.24, 2.45) is 4.58 Å². The second-order valence-electron chi connectivity index (χ2n) is 5.76. The summed E-state index contributed by atoms with van der Waals surface area (Å²) in [5.41, 5.74) is 0.192. The average Bonchev–Trinajstić information content (AvgIpc) is 2.55. The van der Waals surface area contributed by atoms with Crippen molar-refractivity contribution in [2.75, 3.05) is 20.1 Å². The molecule has 2 N–H and O–H groups in total. The molecule has 9 heteroatoms. The lowest BCUT2D eigenvalue weighted by molar-refractivity contribution is -0.140. The molecule has 1 aromatic carbocycles. The number of likely N-dealkylation sites (tertiary alicyclic amines) is 1. The van der Waals surface area contributed by atoms with Gasteiger partial charge < -0.3 is 15.3 Å². The van der Waals surface area contributed by atoms with Gasteiger partial charge in [0.15, 0.2) is 0 Å². The molecule has 0 aliphatic carbocycles. The molecule has 1 amide bonds. The Kier molecular flexibility index (Phi) is 6.20. The molecule has 2 rings (SSSR count). The van der Waals surface area contributed by atoms with Gasteiger partial charge in [0, 0.05) is 16.5 Å². The number of nitrogens with zero attached hydrogens (tertiary/aromatic N) is 2. The molecule has 0 aromatic heterocycles. The number of aliphatic carboxylic acids is 1. The minimum absolute atomic E-state index is 0.192. The molecule has 1 saturated heterocycles. The van der Waals surface area contributed by atoms with Crippen LogP contribution in [0.4, 0.5) is 0 Å². The van der Waals surface area contributed by atoms with Gasteiger partial charge in [-0.2, -0.15) is 0 Å². The second kappa shape index (κ2) is 7.96. The van der Waals surface area contributed by atoms with Crippen molar-refractivity contribution < 1.29 is 14.7 Å². The number of nitrogens with one attached hydrogen (secondary N) is 1. The average molecular weight is 372 g/mol. The minimum atomic E-state index is -1.24. The fourth-order valence-corrected chi connectivity index (χ4v) is 3.78. The zero-order chi connectivity index (χ0) is 17.7. The summed E-state index contributed by atoms with van der Waals surface area (Å²) >= 11 is 6.69. The molecule has 7 nitrogen and oxygen atoms in total.